The fourth-order valence-electron chi connectivity index (χ4n) is 4.16. The fraction of sp³-hybridized carbons (Fsp3) is 0.280. The van der Waals surface area contributed by atoms with Crippen LogP contribution in [0.2, 0.25) is 0 Å². The van der Waals surface area contributed by atoms with Crippen LogP contribution in [0.1, 0.15) is 34.9 Å². The van der Waals surface area contributed by atoms with Gasteiger partial charge in [0.05, 0.1) is 30.3 Å². The Morgan fingerprint density at radius 2 is 1.88 bits per heavy atom. The third-order valence-electron chi connectivity index (χ3n) is 5.65. The molecule has 1 fully saturated rings. The van der Waals surface area contributed by atoms with Gasteiger partial charge in [-0.15, -0.1) is 0 Å². The zero-order valence-electron chi connectivity index (χ0n) is 18.5. The molecule has 170 valence electrons. The van der Waals surface area contributed by atoms with Crippen molar-refractivity contribution in [2.45, 2.75) is 38.7 Å². The second-order valence-corrected chi connectivity index (χ2v) is 8.23. The van der Waals surface area contributed by atoms with Crippen molar-refractivity contribution < 1.29 is 24.2 Å². The Kier molecular flexibility index (Phi) is 6.26. The average molecular weight is 447 g/mol. The summed E-state index contributed by atoms with van der Waals surface area (Å²) in [7, 11) is 0. The zero-order valence-corrected chi connectivity index (χ0v) is 18.5. The maximum Gasteiger partial charge on any atom is 0.417 e. The minimum absolute atomic E-state index is 0.0832. The molecule has 0 saturated carbocycles. The Labute approximate surface area is 191 Å². The number of aromatic nitrogens is 2. The number of imide groups is 1. The standard InChI is InChI=1S/C25H25N3O5/c1-16-11-17(2)28(26-16)20-10-6-9-19(13-20)22(14-23(29)30)24(31)27-15-21(33-25(27)32)12-18-7-4-3-5-8-18/h3-11,13,21-22H,12,14-15H2,1-2H3,(H,29,30). The molecule has 3 aromatic rings. The summed E-state index contributed by atoms with van der Waals surface area (Å²) in [6.45, 7) is 3.88. The average Bonchev–Trinajstić information content (AvgIpc) is 3.32. The van der Waals surface area contributed by atoms with Crippen molar-refractivity contribution in [3.63, 3.8) is 0 Å². The molecule has 0 radical (unpaired) electrons. The van der Waals surface area contributed by atoms with E-state index in [1.54, 1.807) is 22.9 Å². The third kappa shape index (κ3) is 4.95. The SMILES string of the molecule is Cc1cc(C)n(-c2cccc(C(CC(=O)O)C(=O)N3CC(Cc4ccccc4)OC3=O)c2)n1. The highest BCUT2D eigenvalue weighted by atomic mass is 16.6. The number of aliphatic carboxylic acids is 1. The molecule has 0 spiro atoms. The number of aryl methyl sites for hydroxylation is 2. The highest BCUT2D eigenvalue weighted by Gasteiger charge is 2.40. The molecular formula is C25H25N3O5. The van der Waals surface area contributed by atoms with Crippen LogP contribution < -0.4 is 0 Å². The van der Waals surface area contributed by atoms with E-state index in [1.165, 1.54) is 0 Å². The first kappa shape index (κ1) is 22.3. The van der Waals surface area contributed by atoms with Crippen LogP contribution >= 0.6 is 0 Å². The number of rotatable bonds is 7. The van der Waals surface area contributed by atoms with Gasteiger partial charge in [0.15, 0.2) is 0 Å². The van der Waals surface area contributed by atoms with Gasteiger partial charge in [-0.3, -0.25) is 9.59 Å². The van der Waals surface area contributed by atoms with Crippen LogP contribution in [-0.2, 0) is 20.7 Å². The molecule has 8 heteroatoms. The van der Waals surface area contributed by atoms with E-state index in [0.29, 0.717) is 17.7 Å². The van der Waals surface area contributed by atoms with Crippen molar-refractivity contribution in [3.05, 3.63) is 83.2 Å². The van der Waals surface area contributed by atoms with Gasteiger partial charge in [-0.05, 0) is 43.2 Å². The molecule has 0 aliphatic carbocycles. The van der Waals surface area contributed by atoms with E-state index in [-0.39, 0.29) is 6.54 Å². The van der Waals surface area contributed by atoms with Crippen molar-refractivity contribution in [2.24, 2.45) is 0 Å². The lowest BCUT2D eigenvalue weighted by molar-refractivity contribution is -0.141. The van der Waals surface area contributed by atoms with E-state index in [1.807, 2.05) is 56.3 Å². The van der Waals surface area contributed by atoms with Crippen molar-refractivity contribution in [2.75, 3.05) is 6.54 Å². The van der Waals surface area contributed by atoms with Gasteiger partial charge in [0.25, 0.3) is 0 Å². The number of hydrogen-bond donors (Lipinski definition) is 1. The summed E-state index contributed by atoms with van der Waals surface area (Å²) in [6.07, 6.45) is -1.18. The van der Waals surface area contributed by atoms with Crippen LogP contribution in [0.3, 0.4) is 0 Å². The molecule has 2 aromatic carbocycles. The molecule has 4 rings (SSSR count). The molecule has 2 unspecified atom stereocenters. The van der Waals surface area contributed by atoms with Crippen molar-refractivity contribution in [1.29, 1.82) is 0 Å². The van der Waals surface area contributed by atoms with Crippen LogP contribution in [0.4, 0.5) is 4.79 Å². The Morgan fingerprint density at radius 3 is 2.55 bits per heavy atom. The lowest BCUT2D eigenvalue weighted by atomic mass is 9.93. The smallest absolute Gasteiger partial charge is 0.417 e. The molecule has 33 heavy (non-hydrogen) atoms. The molecule has 1 aromatic heterocycles. The normalized spacial score (nSPS) is 16.5. The number of ether oxygens (including phenoxy) is 1. The second-order valence-electron chi connectivity index (χ2n) is 8.23. The Hall–Kier alpha value is -3.94. The summed E-state index contributed by atoms with van der Waals surface area (Å²) in [5.41, 5.74) is 3.97. The van der Waals surface area contributed by atoms with Gasteiger partial charge in [-0.2, -0.15) is 5.10 Å². The number of amides is 2. The van der Waals surface area contributed by atoms with Gasteiger partial charge in [0.2, 0.25) is 5.91 Å². The zero-order chi connectivity index (χ0) is 23.5. The number of hydrogen-bond acceptors (Lipinski definition) is 5. The lowest BCUT2D eigenvalue weighted by Gasteiger charge is -2.20. The van der Waals surface area contributed by atoms with E-state index < -0.39 is 36.4 Å². The van der Waals surface area contributed by atoms with Crippen molar-refractivity contribution in [3.8, 4) is 5.69 Å². The molecule has 1 aliphatic heterocycles. The Morgan fingerprint density at radius 1 is 1.12 bits per heavy atom. The van der Waals surface area contributed by atoms with Gasteiger partial charge < -0.3 is 9.84 Å². The predicted octanol–water partition coefficient (Wildman–Crippen LogP) is 3.64. The highest BCUT2D eigenvalue weighted by Crippen LogP contribution is 2.28. The number of carbonyl (C=O) groups excluding carboxylic acids is 2. The van der Waals surface area contributed by atoms with Crippen LogP contribution in [0.25, 0.3) is 5.69 Å². The van der Waals surface area contributed by atoms with E-state index >= 15 is 0 Å². The largest absolute Gasteiger partial charge is 0.481 e. The molecular weight excluding hydrogens is 422 g/mol. The summed E-state index contributed by atoms with van der Waals surface area (Å²) >= 11 is 0. The number of carbonyl (C=O) groups is 3. The van der Waals surface area contributed by atoms with Crippen molar-refractivity contribution in [1.82, 2.24) is 14.7 Å². The summed E-state index contributed by atoms with van der Waals surface area (Å²) in [5, 5.41) is 13.9. The quantitative estimate of drug-likeness (QED) is 0.593. The van der Waals surface area contributed by atoms with Gasteiger partial charge in [-0.1, -0.05) is 42.5 Å². The number of carboxylic acid groups (broad SMARTS) is 1. The third-order valence-corrected chi connectivity index (χ3v) is 5.65. The van der Waals surface area contributed by atoms with Crippen LogP contribution in [0, 0.1) is 13.8 Å². The van der Waals surface area contributed by atoms with Crippen molar-refractivity contribution >= 4 is 18.0 Å². The Bertz CT molecular complexity index is 1190. The number of cyclic esters (lactones) is 1. The maximum atomic E-state index is 13.3. The topological polar surface area (TPSA) is 102 Å². The molecule has 1 N–H and O–H groups in total. The molecule has 1 saturated heterocycles. The van der Waals surface area contributed by atoms with Gasteiger partial charge >= 0.3 is 12.1 Å². The monoisotopic (exact) mass is 447 g/mol. The Balaban J connectivity index is 1.58. The summed E-state index contributed by atoms with van der Waals surface area (Å²) in [5.74, 6) is -2.73. The molecule has 1 aliphatic rings. The van der Waals surface area contributed by atoms with Gasteiger partial charge in [0.1, 0.15) is 6.10 Å². The number of nitrogens with zero attached hydrogens (tertiary/aromatic N) is 3. The molecule has 8 nitrogen and oxygen atoms in total. The van der Waals surface area contributed by atoms with Crippen LogP contribution in [0.15, 0.2) is 60.7 Å². The minimum atomic E-state index is -1.13. The van der Waals surface area contributed by atoms with E-state index in [0.717, 1.165) is 21.9 Å². The van der Waals surface area contributed by atoms with Gasteiger partial charge in [-0.25, -0.2) is 14.4 Å². The van der Waals surface area contributed by atoms with Crippen LogP contribution in [0.5, 0.6) is 0 Å². The first-order chi connectivity index (χ1) is 15.8. The molecule has 2 amide bonds. The van der Waals surface area contributed by atoms with E-state index in [9.17, 15) is 19.5 Å². The highest BCUT2D eigenvalue weighted by molar-refractivity contribution is 5.98. The minimum Gasteiger partial charge on any atom is -0.481 e. The number of carboxylic acids is 1. The van der Waals surface area contributed by atoms with E-state index in [4.69, 9.17) is 4.74 Å². The summed E-state index contributed by atoms with van der Waals surface area (Å²) in [4.78, 5) is 38.5. The summed E-state index contributed by atoms with van der Waals surface area (Å²) in [6, 6.07) is 18.5. The molecule has 2 heterocycles. The molecule has 0 bridgehead atoms. The first-order valence-electron chi connectivity index (χ1n) is 10.7. The summed E-state index contributed by atoms with van der Waals surface area (Å²) < 4.78 is 7.14. The predicted molar refractivity (Wildman–Crippen MR) is 120 cm³/mol. The lowest BCUT2D eigenvalue weighted by Crippen LogP contribution is -2.37. The van der Waals surface area contributed by atoms with Gasteiger partial charge in [0, 0.05) is 12.1 Å². The second kappa shape index (κ2) is 9.28. The van der Waals surface area contributed by atoms with E-state index in [2.05, 4.69) is 5.10 Å². The maximum absolute atomic E-state index is 13.3. The van der Waals surface area contributed by atoms with Crippen LogP contribution in [-0.4, -0.2) is 50.4 Å². The first-order valence-corrected chi connectivity index (χ1v) is 10.7. The number of benzene rings is 2. The molecule has 2 atom stereocenters. The fourth-order valence-corrected chi connectivity index (χ4v) is 4.16.